The summed E-state index contributed by atoms with van der Waals surface area (Å²) >= 11 is 0. The Morgan fingerprint density at radius 3 is 2.26 bits per heavy atom. The lowest BCUT2D eigenvalue weighted by molar-refractivity contribution is -0.124. The third-order valence-electron chi connectivity index (χ3n) is 3.71. The van der Waals surface area contributed by atoms with Crippen molar-refractivity contribution in [3.05, 3.63) is 35.9 Å². The second-order valence-electron chi connectivity index (χ2n) is 4.76. The fraction of sp³-hybridized carbons (Fsp3) is 0.500. The van der Waals surface area contributed by atoms with Crippen molar-refractivity contribution in [1.82, 2.24) is 5.32 Å². The average Bonchev–Trinajstić information content (AvgIpc) is 2.47. The van der Waals surface area contributed by atoms with Crippen molar-refractivity contribution in [1.29, 1.82) is 5.26 Å². The molecule has 1 unspecified atom stereocenters. The Balaban J connectivity index is 2.90. The van der Waals surface area contributed by atoms with Crippen molar-refractivity contribution in [2.24, 2.45) is 0 Å². The van der Waals surface area contributed by atoms with Crippen molar-refractivity contribution in [2.45, 2.75) is 51.5 Å². The van der Waals surface area contributed by atoms with Crippen LogP contribution in [0.15, 0.2) is 30.3 Å². The van der Waals surface area contributed by atoms with Crippen LogP contribution >= 0.6 is 0 Å². The molecule has 1 amide bonds. The highest BCUT2D eigenvalue weighted by atomic mass is 16.2. The van der Waals surface area contributed by atoms with Crippen LogP contribution in [0.5, 0.6) is 0 Å². The number of hydrogen-bond acceptors (Lipinski definition) is 2. The minimum absolute atomic E-state index is 0.0565. The van der Waals surface area contributed by atoms with Crippen LogP contribution in [-0.2, 0) is 4.79 Å². The van der Waals surface area contributed by atoms with Crippen LogP contribution in [0.1, 0.15) is 51.5 Å². The Morgan fingerprint density at radius 1 is 1.26 bits per heavy atom. The minimum Gasteiger partial charge on any atom is -0.337 e. The molecule has 0 aliphatic rings. The van der Waals surface area contributed by atoms with E-state index in [4.69, 9.17) is 0 Å². The van der Waals surface area contributed by atoms with Gasteiger partial charge in [0.2, 0.25) is 5.91 Å². The number of nitriles is 1. The molecule has 3 nitrogen and oxygen atoms in total. The molecular formula is C16H22N2O. The molecule has 19 heavy (non-hydrogen) atoms. The summed E-state index contributed by atoms with van der Waals surface area (Å²) < 4.78 is 0. The molecule has 0 saturated carbocycles. The summed E-state index contributed by atoms with van der Waals surface area (Å²) in [5.41, 5.74) is 0.265. The van der Waals surface area contributed by atoms with Crippen molar-refractivity contribution >= 4 is 5.91 Å². The van der Waals surface area contributed by atoms with E-state index in [0.29, 0.717) is 12.8 Å². The molecule has 0 fully saturated rings. The number of carbonyl (C=O) groups excluding carboxylic acids is 1. The van der Waals surface area contributed by atoms with Gasteiger partial charge in [-0.05, 0) is 24.8 Å². The van der Waals surface area contributed by atoms with Gasteiger partial charge in [-0.25, -0.2) is 0 Å². The van der Waals surface area contributed by atoms with E-state index in [1.165, 1.54) is 0 Å². The Hall–Kier alpha value is -1.82. The van der Waals surface area contributed by atoms with Gasteiger partial charge in [0.1, 0.15) is 5.54 Å². The smallest absolute Gasteiger partial charge is 0.228 e. The van der Waals surface area contributed by atoms with E-state index in [-0.39, 0.29) is 11.8 Å². The molecule has 0 aliphatic heterocycles. The van der Waals surface area contributed by atoms with Crippen LogP contribution in [-0.4, -0.2) is 11.4 Å². The van der Waals surface area contributed by atoms with Crippen LogP contribution in [0.3, 0.4) is 0 Å². The Bertz CT molecular complexity index is 444. The van der Waals surface area contributed by atoms with Gasteiger partial charge in [0.15, 0.2) is 0 Å². The molecule has 0 spiro atoms. The van der Waals surface area contributed by atoms with Gasteiger partial charge in [-0.2, -0.15) is 5.26 Å². The predicted octanol–water partition coefficient (Wildman–Crippen LogP) is 3.38. The zero-order valence-corrected chi connectivity index (χ0v) is 11.9. The molecule has 102 valence electrons. The first-order valence-corrected chi connectivity index (χ1v) is 6.90. The molecule has 0 aromatic heterocycles. The van der Waals surface area contributed by atoms with E-state index in [1.807, 2.05) is 51.1 Å². The number of amides is 1. The Kier molecular flexibility index (Phi) is 5.57. The number of nitrogens with zero attached hydrogens (tertiary/aromatic N) is 1. The Morgan fingerprint density at radius 2 is 1.84 bits per heavy atom. The first kappa shape index (κ1) is 15.2. The second kappa shape index (κ2) is 6.94. The van der Waals surface area contributed by atoms with Crippen molar-refractivity contribution in [3.63, 3.8) is 0 Å². The van der Waals surface area contributed by atoms with Crippen LogP contribution in [0.4, 0.5) is 0 Å². The first-order chi connectivity index (χ1) is 9.12. The maximum atomic E-state index is 12.4. The maximum Gasteiger partial charge on any atom is 0.228 e. The number of carbonyl (C=O) groups is 1. The molecule has 0 radical (unpaired) electrons. The molecule has 1 aromatic rings. The van der Waals surface area contributed by atoms with Gasteiger partial charge < -0.3 is 5.32 Å². The zero-order chi connectivity index (χ0) is 14.3. The zero-order valence-electron chi connectivity index (χ0n) is 11.9. The Labute approximate surface area is 115 Å². The van der Waals surface area contributed by atoms with E-state index in [0.717, 1.165) is 12.0 Å². The third kappa shape index (κ3) is 3.57. The molecule has 0 heterocycles. The van der Waals surface area contributed by atoms with Gasteiger partial charge in [0, 0.05) is 0 Å². The summed E-state index contributed by atoms with van der Waals surface area (Å²) in [6.45, 7) is 5.84. The highest BCUT2D eigenvalue weighted by Gasteiger charge is 2.30. The summed E-state index contributed by atoms with van der Waals surface area (Å²) in [5, 5.41) is 12.2. The quantitative estimate of drug-likeness (QED) is 0.850. The first-order valence-electron chi connectivity index (χ1n) is 6.90. The van der Waals surface area contributed by atoms with Crippen LogP contribution in [0, 0.1) is 11.3 Å². The summed E-state index contributed by atoms with van der Waals surface area (Å²) in [7, 11) is 0. The minimum atomic E-state index is -0.737. The predicted molar refractivity (Wildman–Crippen MR) is 76.5 cm³/mol. The average molecular weight is 258 g/mol. The molecule has 1 N–H and O–H groups in total. The fourth-order valence-electron chi connectivity index (χ4n) is 2.19. The molecule has 1 atom stereocenters. The number of hydrogen-bond donors (Lipinski definition) is 1. The topological polar surface area (TPSA) is 52.9 Å². The molecule has 0 saturated heterocycles. The van der Waals surface area contributed by atoms with E-state index >= 15 is 0 Å². The van der Waals surface area contributed by atoms with Crippen LogP contribution < -0.4 is 5.32 Å². The van der Waals surface area contributed by atoms with E-state index < -0.39 is 5.54 Å². The summed E-state index contributed by atoms with van der Waals surface area (Å²) in [5.74, 6) is -0.244. The van der Waals surface area contributed by atoms with Gasteiger partial charge in [0.25, 0.3) is 0 Å². The lowest BCUT2D eigenvalue weighted by Gasteiger charge is -2.27. The third-order valence-corrected chi connectivity index (χ3v) is 3.71. The molecular weight excluding hydrogens is 236 g/mol. The van der Waals surface area contributed by atoms with E-state index in [2.05, 4.69) is 11.4 Å². The highest BCUT2D eigenvalue weighted by molar-refractivity contribution is 5.84. The molecule has 1 aromatic carbocycles. The SMILES string of the molecule is CCC(C(=O)NC(C#N)(CC)CC)c1ccccc1. The van der Waals surface area contributed by atoms with Crippen molar-refractivity contribution < 1.29 is 4.79 Å². The van der Waals surface area contributed by atoms with E-state index in [1.54, 1.807) is 0 Å². The highest BCUT2D eigenvalue weighted by Crippen LogP contribution is 2.22. The summed E-state index contributed by atoms with van der Waals surface area (Å²) in [6.07, 6.45) is 1.97. The molecule has 0 bridgehead atoms. The van der Waals surface area contributed by atoms with Gasteiger partial charge in [-0.3, -0.25) is 4.79 Å². The van der Waals surface area contributed by atoms with Crippen LogP contribution in [0.25, 0.3) is 0 Å². The lowest BCUT2D eigenvalue weighted by Crippen LogP contribution is -2.48. The normalized spacial score (nSPS) is 12.5. The van der Waals surface area contributed by atoms with Gasteiger partial charge in [-0.1, -0.05) is 51.1 Å². The number of nitrogens with one attached hydrogen (secondary N) is 1. The standard InChI is InChI=1S/C16H22N2O/c1-4-14(13-10-8-7-9-11-13)15(19)18-16(5-2,6-3)12-17/h7-11,14H,4-6H2,1-3H3,(H,18,19). The fourth-order valence-corrected chi connectivity index (χ4v) is 2.19. The van der Waals surface area contributed by atoms with Crippen molar-refractivity contribution in [2.75, 3.05) is 0 Å². The molecule has 0 aliphatic carbocycles. The van der Waals surface area contributed by atoms with Gasteiger partial charge in [0.05, 0.1) is 12.0 Å². The van der Waals surface area contributed by atoms with Crippen molar-refractivity contribution in [3.8, 4) is 6.07 Å². The molecule has 3 heteroatoms. The summed E-state index contributed by atoms with van der Waals surface area (Å²) in [6, 6.07) is 12.0. The second-order valence-corrected chi connectivity index (χ2v) is 4.76. The molecule has 1 rings (SSSR count). The number of rotatable bonds is 6. The summed E-state index contributed by atoms with van der Waals surface area (Å²) in [4.78, 5) is 12.4. The number of benzene rings is 1. The van der Waals surface area contributed by atoms with E-state index in [9.17, 15) is 10.1 Å². The van der Waals surface area contributed by atoms with Gasteiger partial charge >= 0.3 is 0 Å². The van der Waals surface area contributed by atoms with Crippen LogP contribution in [0.2, 0.25) is 0 Å². The maximum absolute atomic E-state index is 12.4. The van der Waals surface area contributed by atoms with Gasteiger partial charge in [-0.15, -0.1) is 0 Å². The monoisotopic (exact) mass is 258 g/mol. The lowest BCUT2D eigenvalue weighted by atomic mass is 9.90. The largest absolute Gasteiger partial charge is 0.337 e.